The first-order valence-corrected chi connectivity index (χ1v) is 19.3. The number of nitrogens with two attached hydrogens (primary N) is 1. The first-order valence-electron chi connectivity index (χ1n) is 17.7. The highest BCUT2D eigenvalue weighted by atomic mass is 35.5. The molecule has 15 heteroatoms. The molecule has 5 aromatic rings. The minimum absolute atomic E-state index is 0.188. The third kappa shape index (κ3) is 9.96. The molecule has 0 spiro atoms. The normalized spacial score (nSPS) is 14.2. The highest BCUT2D eigenvalue weighted by molar-refractivity contribution is 7.09. The average molecular weight is 797 g/mol. The van der Waals surface area contributed by atoms with Gasteiger partial charge < -0.3 is 31.6 Å². The minimum atomic E-state index is -1.27. The number of anilines is 1. The van der Waals surface area contributed by atoms with Crippen molar-refractivity contribution in [3.05, 3.63) is 122 Å². The third-order valence-electron chi connectivity index (χ3n) is 9.31. The summed E-state index contributed by atoms with van der Waals surface area (Å²) in [6.45, 7) is 3.62. The van der Waals surface area contributed by atoms with E-state index in [2.05, 4.69) is 36.9 Å². The van der Waals surface area contributed by atoms with Crippen LogP contribution in [0.4, 0.5) is 19.3 Å². The summed E-state index contributed by atoms with van der Waals surface area (Å²) in [7, 11) is 0. The molecule has 10 nitrogen and oxygen atoms in total. The largest absolute Gasteiger partial charge is 0.353 e. The molecule has 3 heterocycles. The van der Waals surface area contributed by atoms with Gasteiger partial charge in [-0.1, -0.05) is 47.5 Å². The van der Waals surface area contributed by atoms with Gasteiger partial charge in [0.25, 0.3) is 0 Å². The Morgan fingerprint density at radius 3 is 2.31 bits per heavy atom. The summed E-state index contributed by atoms with van der Waals surface area (Å²) < 4.78 is 30.1. The number of thiophene rings is 1. The van der Waals surface area contributed by atoms with E-state index < -0.39 is 41.6 Å². The van der Waals surface area contributed by atoms with Crippen molar-refractivity contribution in [3.8, 4) is 0 Å². The van der Waals surface area contributed by atoms with Gasteiger partial charge in [-0.05, 0) is 84.9 Å². The number of likely N-dealkylation sites (tertiary alicyclic amines) is 1. The number of hydrogen-bond donors (Lipinski definition) is 5. The van der Waals surface area contributed by atoms with Crippen LogP contribution < -0.4 is 27.0 Å². The average Bonchev–Trinajstić information content (AvgIpc) is 3.93. The van der Waals surface area contributed by atoms with E-state index in [0.717, 1.165) is 71.5 Å². The summed E-state index contributed by atoms with van der Waals surface area (Å²) >= 11 is 14.5. The van der Waals surface area contributed by atoms with Crippen molar-refractivity contribution in [2.24, 2.45) is 5.73 Å². The Morgan fingerprint density at radius 2 is 1.61 bits per heavy atom. The van der Waals surface area contributed by atoms with Crippen LogP contribution in [0.25, 0.3) is 10.9 Å². The molecule has 3 aromatic carbocycles. The van der Waals surface area contributed by atoms with Crippen molar-refractivity contribution >= 4 is 69.0 Å². The highest BCUT2D eigenvalue weighted by Gasteiger charge is 2.28. The molecule has 4 amide bonds. The van der Waals surface area contributed by atoms with Crippen LogP contribution in [-0.2, 0) is 35.5 Å². The zero-order valence-corrected chi connectivity index (χ0v) is 31.7. The molecule has 1 saturated heterocycles. The molecule has 2 atom stereocenters. The number of hydrogen-bond acceptors (Lipinski definition) is 6. The lowest BCUT2D eigenvalue weighted by molar-refractivity contribution is -0.129. The van der Waals surface area contributed by atoms with E-state index in [1.807, 2.05) is 29.6 Å². The van der Waals surface area contributed by atoms with Gasteiger partial charge in [0.2, 0.25) is 11.8 Å². The van der Waals surface area contributed by atoms with Gasteiger partial charge in [-0.2, -0.15) is 0 Å². The third-order valence-corrected chi connectivity index (χ3v) is 10.9. The van der Waals surface area contributed by atoms with Crippen molar-refractivity contribution in [3.63, 3.8) is 0 Å². The zero-order chi connectivity index (χ0) is 38.2. The second kappa shape index (κ2) is 18.2. The van der Waals surface area contributed by atoms with Crippen molar-refractivity contribution < 1.29 is 23.2 Å². The predicted molar refractivity (Wildman–Crippen MR) is 210 cm³/mol. The van der Waals surface area contributed by atoms with E-state index in [-0.39, 0.29) is 31.5 Å². The molecular formula is C39H41Cl2F2N7O3S. The van der Waals surface area contributed by atoms with Crippen LogP contribution in [-0.4, -0.2) is 65.6 Å². The molecule has 2 aromatic heterocycles. The molecule has 1 aliphatic heterocycles. The molecule has 1 fully saturated rings. The van der Waals surface area contributed by atoms with E-state index in [9.17, 15) is 23.2 Å². The van der Waals surface area contributed by atoms with Crippen LogP contribution in [0.3, 0.4) is 0 Å². The van der Waals surface area contributed by atoms with Crippen LogP contribution in [0, 0.1) is 11.6 Å². The number of urea groups is 1. The van der Waals surface area contributed by atoms with Crippen LogP contribution in [0.15, 0.2) is 78.3 Å². The van der Waals surface area contributed by atoms with E-state index in [1.165, 1.54) is 17.4 Å². The van der Waals surface area contributed by atoms with Gasteiger partial charge in [0.05, 0.1) is 12.1 Å². The standard InChI is InChI=1S/C39H41Cl2F2N7O3S/c40-30-6-3-7-31(41)29(30)23-50-22-25(21-49-14-1-2-15-49)28-10-9-26(19-36(28)50)46-39(53)48-34(18-24-8-11-32(42)33(43)17-24)38(52)47-35(37(51)45-13-12-44)20-27-5-4-16-54-27/h3-11,16-17,19,22,34-35H,1-2,12-15,18,20-21,23,44H2,(H,45,51)(H,47,52)(H2,46,48,53)/t34-,35-/m0/s1. The molecule has 0 aliphatic carbocycles. The molecule has 6 rings (SSSR count). The van der Waals surface area contributed by atoms with Gasteiger partial charge in [-0.3, -0.25) is 14.5 Å². The Hall–Kier alpha value is -4.53. The monoisotopic (exact) mass is 795 g/mol. The molecule has 0 radical (unpaired) electrons. The summed E-state index contributed by atoms with van der Waals surface area (Å²) in [5.74, 6) is -3.27. The number of aromatic nitrogens is 1. The van der Waals surface area contributed by atoms with E-state index in [0.29, 0.717) is 22.3 Å². The van der Waals surface area contributed by atoms with Crippen molar-refractivity contribution in [1.29, 1.82) is 0 Å². The Balaban J connectivity index is 1.25. The fourth-order valence-corrected chi connectivity index (χ4v) is 7.87. The number of carbonyl (C=O) groups excluding carboxylic acids is 3. The SMILES string of the molecule is NCCNC(=O)[C@H](Cc1cccs1)NC(=O)[C@H](Cc1ccc(F)c(F)c1)NC(=O)Nc1ccc2c(CN3CCCC3)cn(Cc3c(Cl)cccc3Cl)c2c1. The summed E-state index contributed by atoms with van der Waals surface area (Å²) in [5.41, 5.74) is 9.03. The molecule has 1 aliphatic rings. The minimum Gasteiger partial charge on any atom is -0.353 e. The Morgan fingerprint density at radius 1 is 0.852 bits per heavy atom. The Bertz CT molecular complexity index is 2090. The van der Waals surface area contributed by atoms with E-state index in [4.69, 9.17) is 28.9 Å². The summed E-state index contributed by atoms with van der Waals surface area (Å²) in [5, 5.41) is 14.9. The van der Waals surface area contributed by atoms with Gasteiger partial charge in [0.15, 0.2) is 11.6 Å². The first-order chi connectivity index (χ1) is 26.1. The maximum Gasteiger partial charge on any atom is 0.319 e. The number of nitrogens with zero attached hydrogens (tertiary/aromatic N) is 2. The number of benzene rings is 3. The smallest absolute Gasteiger partial charge is 0.319 e. The van der Waals surface area contributed by atoms with Crippen molar-refractivity contribution in [2.75, 3.05) is 31.5 Å². The van der Waals surface area contributed by atoms with Crippen LogP contribution in [0.1, 0.15) is 34.4 Å². The number of halogens is 4. The summed E-state index contributed by atoms with van der Waals surface area (Å²) in [4.78, 5) is 43.8. The molecule has 0 bridgehead atoms. The number of rotatable bonds is 15. The second-order valence-electron chi connectivity index (χ2n) is 13.2. The summed E-state index contributed by atoms with van der Waals surface area (Å²) in [6, 6.07) is 14.9. The van der Waals surface area contributed by atoms with E-state index >= 15 is 0 Å². The molecule has 0 saturated carbocycles. The first kappa shape index (κ1) is 39.2. The van der Waals surface area contributed by atoms with Gasteiger partial charge in [0, 0.05) is 70.2 Å². The topological polar surface area (TPSA) is 134 Å². The predicted octanol–water partition coefficient (Wildman–Crippen LogP) is 6.47. The number of nitrogens with one attached hydrogen (secondary N) is 4. The number of amides is 4. The van der Waals surface area contributed by atoms with Gasteiger partial charge in [0.1, 0.15) is 12.1 Å². The maximum atomic E-state index is 14.2. The van der Waals surface area contributed by atoms with Gasteiger partial charge in [-0.25, -0.2) is 13.6 Å². The van der Waals surface area contributed by atoms with Crippen LogP contribution in [0.2, 0.25) is 10.0 Å². The lowest BCUT2D eigenvalue weighted by atomic mass is 10.0. The van der Waals surface area contributed by atoms with Gasteiger partial charge >= 0.3 is 6.03 Å². The molecule has 0 unspecified atom stereocenters. The zero-order valence-electron chi connectivity index (χ0n) is 29.3. The molecule has 6 N–H and O–H groups in total. The Labute approximate surface area is 326 Å². The number of carbonyl (C=O) groups is 3. The quantitative estimate of drug-likeness (QED) is 0.0830. The number of fused-ring (bicyclic) bond motifs is 1. The van der Waals surface area contributed by atoms with Crippen LogP contribution >= 0.6 is 34.5 Å². The second-order valence-corrected chi connectivity index (χ2v) is 15.1. The van der Waals surface area contributed by atoms with Crippen molar-refractivity contribution in [2.45, 2.75) is 50.9 Å². The van der Waals surface area contributed by atoms with Gasteiger partial charge in [-0.15, -0.1) is 11.3 Å². The lowest BCUT2D eigenvalue weighted by Gasteiger charge is -2.23. The fourth-order valence-electron chi connectivity index (χ4n) is 6.61. The molecular weight excluding hydrogens is 755 g/mol. The Kier molecular flexibility index (Phi) is 13.2. The van der Waals surface area contributed by atoms with Crippen LogP contribution in [0.5, 0.6) is 0 Å². The van der Waals surface area contributed by atoms with Crippen molar-refractivity contribution in [1.82, 2.24) is 25.4 Å². The summed E-state index contributed by atoms with van der Waals surface area (Å²) in [6.07, 6.45) is 4.41. The molecule has 54 heavy (non-hydrogen) atoms. The maximum absolute atomic E-state index is 14.2. The lowest BCUT2D eigenvalue weighted by Crippen LogP contribution is -2.55. The highest BCUT2D eigenvalue weighted by Crippen LogP contribution is 2.31. The fraction of sp³-hybridized carbons (Fsp3) is 0.308. The molecule has 284 valence electrons. The van der Waals surface area contributed by atoms with E-state index in [1.54, 1.807) is 24.3 Å².